The maximum absolute atomic E-state index is 13.4. The first-order valence-electron chi connectivity index (χ1n) is 9.32. The van der Waals surface area contributed by atoms with E-state index in [1.54, 1.807) is 6.07 Å². The quantitative estimate of drug-likeness (QED) is 0.843. The highest BCUT2D eigenvalue weighted by molar-refractivity contribution is 5.76. The number of carbonyl (C=O) groups is 1. The number of morpholine rings is 1. The van der Waals surface area contributed by atoms with Crippen LogP contribution in [-0.4, -0.2) is 36.6 Å². The summed E-state index contributed by atoms with van der Waals surface area (Å²) < 4.78 is 24.7. The molecule has 5 nitrogen and oxygen atoms in total. The van der Waals surface area contributed by atoms with Gasteiger partial charge in [-0.15, -0.1) is 0 Å². The van der Waals surface area contributed by atoms with E-state index in [0.29, 0.717) is 32.7 Å². The predicted molar refractivity (Wildman–Crippen MR) is 101 cm³/mol. The third kappa shape index (κ3) is 5.17. The molecule has 1 aromatic heterocycles. The van der Waals surface area contributed by atoms with Crippen LogP contribution in [0.25, 0.3) is 0 Å². The number of aryl methyl sites for hydroxylation is 3. The smallest absolute Gasteiger partial charge is 0.221 e. The third-order valence-corrected chi connectivity index (χ3v) is 5.13. The molecular weight excluding hydrogens is 347 g/mol. The number of hydrogen-bond donors (Lipinski definition) is 1. The van der Waals surface area contributed by atoms with E-state index in [1.807, 2.05) is 20.8 Å². The number of hydrogen-bond acceptors (Lipinski definition) is 4. The molecule has 2 aromatic rings. The van der Waals surface area contributed by atoms with E-state index in [4.69, 9.17) is 9.15 Å². The third-order valence-electron chi connectivity index (χ3n) is 5.13. The Morgan fingerprint density at radius 2 is 2.07 bits per heavy atom. The lowest BCUT2D eigenvalue weighted by Crippen LogP contribution is -2.47. The Bertz CT molecular complexity index is 783. The topological polar surface area (TPSA) is 54.7 Å². The Kier molecular flexibility index (Phi) is 6.29. The van der Waals surface area contributed by atoms with Gasteiger partial charge in [-0.05, 0) is 55.7 Å². The fourth-order valence-electron chi connectivity index (χ4n) is 3.32. The van der Waals surface area contributed by atoms with Crippen LogP contribution in [0.1, 0.15) is 34.6 Å². The van der Waals surface area contributed by atoms with E-state index in [2.05, 4.69) is 16.3 Å². The Morgan fingerprint density at radius 3 is 2.81 bits per heavy atom. The van der Waals surface area contributed by atoms with E-state index in [1.165, 1.54) is 12.1 Å². The molecule has 2 heterocycles. The predicted octanol–water partition coefficient (Wildman–Crippen LogP) is 3.25. The molecule has 1 atom stereocenters. The second-order valence-corrected chi connectivity index (χ2v) is 7.20. The molecule has 1 aromatic carbocycles. The average Bonchev–Trinajstić information content (AvgIpc) is 2.95. The summed E-state index contributed by atoms with van der Waals surface area (Å²) in [5.41, 5.74) is 2.89. The minimum atomic E-state index is -0.291. The van der Waals surface area contributed by atoms with Gasteiger partial charge in [-0.2, -0.15) is 0 Å². The maximum Gasteiger partial charge on any atom is 0.221 e. The van der Waals surface area contributed by atoms with Gasteiger partial charge in [-0.1, -0.05) is 6.07 Å². The molecule has 0 saturated carbocycles. The molecule has 1 amide bonds. The fraction of sp³-hybridized carbons (Fsp3) is 0.476. The molecule has 0 radical (unpaired) electrons. The van der Waals surface area contributed by atoms with Crippen LogP contribution in [0, 0.1) is 26.6 Å². The van der Waals surface area contributed by atoms with Crippen molar-refractivity contribution in [2.75, 3.05) is 19.8 Å². The highest BCUT2D eigenvalue weighted by Gasteiger charge is 2.26. The van der Waals surface area contributed by atoms with Gasteiger partial charge >= 0.3 is 0 Å². The molecule has 3 rings (SSSR count). The van der Waals surface area contributed by atoms with Crippen molar-refractivity contribution >= 4 is 5.91 Å². The number of halogens is 1. The number of rotatable bonds is 6. The largest absolute Gasteiger partial charge is 0.465 e. The van der Waals surface area contributed by atoms with Crippen LogP contribution in [0.3, 0.4) is 0 Å². The molecule has 0 aliphatic carbocycles. The number of ether oxygens (including phenoxy) is 1. The van der Waals surface area contributed by atoms with Gasteiger partial charge in [0.25, 0.3) is 0 Å². The molecule has 1 aliphatic rings. The van der Waals surface area contributed by atoms with Gasteiger partial charge < -0.3 is 14.5 Å². The van der Waals surface area contributed by atoms with Crippen LogP contribution < -0.4 is 5.32 Å². The molecule has 1 fully saturated rings. The average molecular weight is 374 g/mol. The lowest BCUT2D eigenvalue weighted by Gasteiger charge is -2.34. The second kappa shape index (κ2) is 8.67. The number of nitrogens with one attached hydrogen (secondary N) is 1. The van der Waals surface area contributed by atoms with Crippen molar-refractivity contribution in [3.63, 3.8) is 0 Å². The molecule has 1 N–H and O–H groups in total. The zero-order valence-electron chi connectivity index (χ0n) is 16.2. The van der Waals surface area contributed by atoms with Crippen LogP contribution in [-0.2, 0) is 22.6 Å². The Morgan fingerprint density at radius 1 is 1.26 bits per heavy atom. The van der Waals surface area contributed by atoms with Gasteiger partial charge in [-0.25, -0.2) is 4.39 Å². The van der Waals surface area contributed by atoms with Gasteiger partial charge in [0.05, 0.1) is 19.8 Å². The van der Waals surface area contributed by atoms with Crippen molar-refractivity contribution in [1.29, 1.82) is 0 Å². The SMILES string of the molecule is Cc1ccc(F)cc1CNC(=O)C[C@H]1COCCN1Cc1cc(C)c(C)o1. The van der Waals surface area contributed by atoms with E-state index < -0.39 is 0 Å². The Labute approximate surface area is 159 Å². The first-order valence-corrected chi connectivity index (χ1v) is 9.32. The van der Waals surface area contributed by atoms with Gasteiger partial charge in [0.15, 0.2) is 0 Å². The summed E-state index contributed by atoms with van der Waals surface area (Å²) in [6, 6.07) is 6.66. The van der Waals surface area contributed by atoms with Crippen LogP contribution in [0.2, 0.25) is 0 Å². The standard InChI is InChI=1S/C21H27FN2O3/c1-14-4-5-18(22)9-17(14)11-23-21(25)10-19-13-26-7-6-24(19)12-20-8-15(2)16(3)27-20/h4-5,8-9,19H,6-7,10-13H2,1-3H3,(H,23,25)/t19-/m0/s1. The van der Waals surface area contributed by atoms with E-state index in [-0.39, 0.29) is 17.8 Å². The Balaban J connectivity index is 1.56. The van der Waals surface area contributed by atoms with Crippen LogP contribution in [0.5, 0.6) is 0 Å². The monoisotopic (exact) mass is 374 g/mol. The van der Waals surface area contributed by atoms with E-state index >= 15 is 0 Å². The van der Waals surface area contributed by atoms with Gasteiger partial charge in [0.1, 0.15) is 17.3 Å². The number of furan rings is 1. The van der Waals surface area contributed by atoms with Crippen LogP contribution in [0.4, 0.5) is 4.39 Å². The normalized spacial score (nSPS) is 17.9. The van der Waals surface area contributed by atoms with Crippen LogP contribution >= 0.6 is 0 Å². The molecule has 6 heteroatoms. The van der Waals surface area contributed by atoms with Gasteiger partial charge in [0.2, 0.25) is 5.91 Å². The molecule has 0 unspecified atom stereocenters. The first kappa shape index (κ1) is 19.6. The summed E-state index contributed by atoms with van der Waals surface area (Å²) in [6.45, 7) is 8.82. The second-order valence-electron chi connectivity index (χ2n) is 7.20. The van der Waals surface area contributed by atoms with Gasteiger partial charge in [-0.3, -0.25) is 9.69 Å². The Hall–Kier alpha value is -2.18. The van der Waals surface area contributed by atoms with Crippen molar-refractivity contribution in [3.8, 4) is 0 Å². The maximum atomic E-state index is 13.4. The van der Waals surface area contributed by atoms with E-state index in [9.17, 15) is 9.18 Å². The fourth-order valence-corrected chi connectivity index (χ4v) is 3.32. The molecule has 1 saturated heterocycles. The molecule has 0 spiro atoms. The summed E-state index contributed by atoms with van der Waals surface area (Å²) in [5, 5.41) is 2.90. The minimum absolute atomic E-state index is 0.00179. The molecule has 1 aliphatic heterocycles. The lowest BCUT2D eigenvalue weighted by atomic mass is 10.1. The summed E-state index contributed by atoms with van der Waals surface area (Å²) >= 11 is 0. The highest BCUT2D eigenvalue weighted by Crippen LogP contribution is 2.19. The summed E-state index contributed by atoms with van der Waals surface area (Å²) in [4.78, 5) is 14.7. The summed E-state index contributed by atoms with van der Waals surface area (Å²) in [5.74, 6) is 1.48. The van der Waals surface area contributed by atoms with Crippen molar-refractivity contribution < 1.29 is 18.3 Å². The minimum Gasteiger partial charge on any atom is -0.465 e. The van der Waals surface area contributed by atoms with Crippen LogP contribution in [0.15, 0.2) is 28.7 Å². The first-order chi connectivity index (χ1) is 12.9. The number of carbonyl (C=O) groups excluding carboxylic acids is 1. The zero-order chi connectivity index (χ0) is 19.4. The van der Waals surface area contributed by atoms with Crippen molar-refractivity contribution in [1.82, 2.24) is 10.2 Å². The summed E-state index contributed by atoms with van der Waals surface area (Å²) in [6.07, 6.45) is 0.340. The summed E-state index contributed by atoms with van der Waals surface area (Å²) in [7, 11) is 0. The van der Waals surface area contributed by atoms with Crippen molar-refractivity contribution in [3.05, 3.63) is 58.3 Å². The van der Waals surface area contributed by atoms with Crippen molar-refractivity contribution in [2.24, 2.45) is 0 Å². The number of nitrogens with zero attached hydrogens (tertiary/aromatic N) is 1. The lowest BCUT2D eigenvalue weighted by molar-refractivity contribution is -0.124. The molecular formula is C21H27FN2O3. The molecule has 27 heavy (non-hydrogen) atoms. The number of benzene rings is 1. The molecule has 146 valence electrons. The van der Waals surface area contributed by atoms with E-state index in [0.717, 1.165) is 34.8 Å². The zero-order valence-corrected chi connectivity index (χ0v) is 16.2. The number of amides is 1. The molecule has 0 bridgehead atoms. The highest BCUT2D eigenvalue weighted by atomic mass is 19.1. The van der Waals surface area contributed by atoms with Gasteiger partial charge in [0, 0.05) is 25.6 Å². The van der Waals surface area contributed by atoms with Crippen molar-refractivity contribution in [2.45, 2.75) is 46.3 Å².